The maximum Gasteiger partial charge on any atom is 0.0521 e. The van der Waals surface area contributed by atoms with Gasteiger partial charge in [-0.05, 0) is 29.6 Å². The molecule has 0 aliphatic heterocycles. The van der Waals surface area contributed by atoms with Gasteiger partial charge in [-0.15, -0.1) is 0 Å². The van der Waals surface area contributed by atoms with Gasteiger partial charge in [0.05, 0.1) is 6.61 Å². The summed E-state index contributed by atoms with van der Waals surface area (Å²) in [5, 5.41) is 8.57. The van der Waals surface area contributed by atoms with Crippen molar-refractivity contribution in [2.75, 3.05) is 29.6 Å². The van der Waals surface area contributed by atoms with Crippen LogP contribution < -0.4 is 0 Å². The average Bonchev–Trinajstić information content (AvgIpc) is 2.06. The third kappa shape index (κ3) is 8.75. The van der Waals surface area contributed by atoms with Gasteiger partial charge in [-0.25, -0.2) is 0 Å². The summed E-state index contributed by atoms with van der Waals surface area (Å²) in [5.41, 5.74) is 0. The molecule has 1 atom stereocenters. The average molecular weight is 208 g/mol. The molecule has 1 unspecified atom stereocenters. The van der Waals surface area contributed by atoms with E-state index in [0.29, 0.717) is 6.61 Å². The van der Waals surface area contributed by atoms with E-state index in [4.69, 9.17) is 5.11 Å². The van der Waals surface area contributed by atoms with Crippen molar-refractivity contribution in [1.82, 2.24) is 0 Å². The predicted octanol–water partition coefficient (Wildman–Crippen LogP) is 2.49. The molecule has 12 heavy (non-hydrogen) atoms. The van der Waals surface area contributed by atoms with Crippen molar-refractivity contribution >= 4 is 23.5 Å². The van der Waals surface area contributed by atoms with Gasteiger partial charge in [-0.2, -0.15) is 23.5 Å². The van der Waals surface area contributed by atoms with Crippen LogP contribution in [0.2, 0.25) is 0 Å². The Bertz CT molecular complexity index is 78.6. The number of thioether (sulfide) groups is 2. The molecule has 1 nitrogen and oxygen atoms in total. The Morgan fingerprint density at radius 3 is 2.25 bits per heavy atom. The van der Waals surface area contributed by atoms with E-state index in [0.717, 1.165) is 11.7 Å². The maximum absolute atomic E-state index is 8.57. The van der Waals surface area contributed by atoms with Crippen LogP contribution in [0.5, 0.6) is 0 Å². The molecule has 74 valence electrons. The molecular formula is C9H20OS2. The van der Waals surface area contributed by atoms with E-state index in [1.54, 1.807) is 0 Å². The van der Waals surface area contributed by atoms with E-state index >= 15 is 0 Å². The largest absolute Gasteiger partial charge is 0.396 e. The molecule has 0 bridgehead atoms. The second kappa shape index (κ2) is 9.75. The highest BCUT2D eigenvalue weighted by atomic mass is 32.2. The fourth-order valence-electron chi connectivity index (χ4n) is 0.826. The number of hydrogen-bond acceptors (Lipinski definition) is 3. The highest BCUT2D eigenvalue weighted by molar-refractivity contribution is 8.00. The molecule has 0 aromatic rings. The van der Waals surface area contributed by atoms with Crippen LogP contribution in [0.4, 0.5) is 0 Å². The zero-order valence-electron chi connectivity index (χ0n) is 8.08. The molecule has 0 aromatic carbocycles. The van der Waals surface area contributed by atoms with E-state index < -0.39 is 0 Å². The van der Waals surface area contributed by atoms with Crippen molar-refractivity contribution in [3.63, 3.8) is 0 Å². The lowest BCUT2D eigenvalue weighted by Crippen LogP contribution is -2.03. The lowest BCUT2D eigenvalue weighted by molar-refractivity contribution is 0.322. The van der Waals surface area contributed by atoms with Crippen LogP contribution in [0.15, 0.2) is 0 Å². The van der Waals surface area contributed by atoms with Gasteiger partial charge in [-0.1, -0.05) is 13.8 Å². The lowest BCUT2D eigenvalue weighted by Gasteiger charge is -2.09. The molecular weight excluding hydrogens is 188 g/mol. The van der Waals surface area contributed by atoms with Gasteiger partial charge in [-0.3, -0.25) is 0 Å². The third-order valence-corrected chi connectivity index (χ3v) is 4.17. The summed E-state index contributed by atoms with van der Waals surface area (Å²) in [6, 6.07) is 0. The SMILES string of the molecule is CCCSCC(C)CSCCO. The zero-order valence-corrected chi connectivity index (χ0v) is 9.72. The first kappa shape index (κ1) is 12.7. The number of aliphatic hydroxyl groups excluding tert-OH is 1. The predicted molar refractivity (Wildman–Crippen MR) is 61.2 cm³/mol. The summed E-state index contributed by atoms with van der Waals surface area (Å²) in [7, 11) is 0. The molecule has 0 saturated carbocycles. The van der Waals surface area contributed by atoms with Crippen molar-refractivity contribution < 1.29 is 5.11 Å². The van der Waals surface area contributed by atoms with Crippen molar-refractivity contribution in [1.29, 1.82) is 0 Å². The minimum absolute atomic E-state index is 0.319. The normalized spacial score (nSPS) is 13.2. The first-order chi connectivity index (χ1) is 5.81. The Hall–Kier alpha value is 0.660. The fourth-order valence-corrected chi connectivity index (χ4v) is 2.77. The molecule has 0 radical (unpaired) electrons. The summed E-state index contributed by atoms with van der Waals surface area (Å²) >= 11 is 3.90. The van der Waals surface area contributed by atoms with Crippen molar-refractivity contribution in [2.45, 2.75) is 20.3 Å². The number of aliphatic hydroxyl groups is 1. The van der Waals surface area contributed by atoms with Crippen LogP contribution in [-0.2, 0) is 0 Å². The summed E-state index contributed by atoms with van der Waals surface area (Å²) in [6.07, 6.45) is 1.28. The van der Waals surface area contributed by atoms with E-state index in [-0.39, 0.29) is 0 Å². The molecule has 1 N–H and O–H groups in total. The second-order valence-corrected chi connectivity index (χ2v) is 5.28. The van der Waals surface area contributed by atoms with Crippen LogP contribution in [0.3, 0.4) is 0 Å². The van der Waals surface area contributed by atoms with Gasteiger partial charge in [0, 0.05) is 5.75 Å². The second-order valence-electron chi connectivity index (χ2n) is 2.98. The lowest BCUT2D eigenvalue weighted by atomic mass is 10.3. The Balaban J connectivity index is 3.04. The van der Waals surface area contributed by atoms with Gasteiger partial charge >= 0.3 is 0 Å². The topological polar surface area (TPSA) is 20.2 Å². The van der Waals surface area contributed by atoms with E-state index in [2.05, 4.69) is 13.8 Å². The zero-order chi connectivity index (χ0) is 9.23. The Kier molecular flexibility index (Phi) is 10.3. The first-order valence-electron chi connectivity index (χ1n) is 4.57. The minimum atomic E-state index is 0.319. The summed E-state index contributed by atoms with van der Waals surface area (Å²) < 4.78 is 0. The Morgan fingerprint density at radius 1 is 1.17 bits per heavy atom. The molecule has 0 rings (SSSR count). The van der Waals surface area contributed by atoms with Gasteiger partial charge in [0.15, 0.2) is 0 Å². The minimum Gasteiger partial charge on any atom is -0.396 e. The fraction of sp³-hybridized carbons (Fsp3) is 1.00. The molecule has 0 aliphatic carbocycles. The molecule has 0 aromatic heterocycles. The van der Waals surface area contributed by atoms with Crippen LogP contribution in [0.1, 0.15) is 20.3 Å². The summed E-state index contributed by atoms with van der Waals surface area (Å²) in [5.74, 6) is 5.43. The van der Waals surface area contributed by atoms with Crippen LogP contribution in [0, 0.1) is 5.92 Å². The van der Waals surface area contributed by atoms with Crippen LogP contribution >= 0.6 is 23.5 Å². The van der Waals surface area contributed by atoms with Gasteiger partial charge in [0.2, 0.25) is 0 Å². The number of hydrogen-bond donors (Lipinski definition) is 1. The monoisotopic (exact) mass is 208 g/mol. The Morgan fingerprint density at radius 2 is 1.75 bits per heavy atom. The molecule has 0 heterocycles. The van der Waals surface area contributed by atoms with Crippen molar-refractivity contribution in [2.24, 2.45) is 5.92 Å². The molecule has 0 amide bonds. The van der Waals surface area contributed by atoms with Crippen molar-refractivity contribution in [3.05, 3.63) is 0 Å². The highest BCUT2D eigenvalue weighted by Gasteiger charge is 2.01. The highest BCUT2D eigenvalue weighted by Crippen LogP contribution is 2.14. The molecule has 0 aliphatic rings. The quantitative estimate of drug-likeness (QED) is 0.619. The van der Waals surface area contributed by atoms with Gasteiger partial charge in [0.1, 0.15) is 0 Å². The summed E-state index contributed by atoms with van der Waals surface area (Å²) in [4.78, 5) is 0. The van der Waals surface area contributed by atoms with Crippen LogP contribution in [-0.4, -0.2) is 34.7 Å². The third-order valence-electron chi connectivity index (χ3n) is 1.39. The summed E-state index contributed by atoms with van der Waals surface area (Å²) in [6.45, 7) is 4.82. The molecule has 0 saturated heterocycles. The first-order valence-corrected chi connectivity index (χ1v) is 6.88. The van der Waals surface area contributed by atoms with Gasteiger partial charge in [0.25, 0.3) is 0 Å². The number of rotatable bonds is 8. The molecule has 0 fully saturated rings. The van der Waals surface area contributed by atoms with Gasteiger partial charge < -0.3 is 5.11 Å². The van der Waals surface area contributed by atoms with E-state index in [1.807, 2.05) is 23.5 Å². The Labute approximate surface area is 84.7 Å². The van der Waals surface area contributed by atoms with Crippen LogP contribution in [0.25, 0.3) is 0 Å². The maximum atomic E-state index is 8.57. The van der Waals surface area contributed by atoms with E-state index in [1.165, 1.54) is 23.7 Å². The van der Waals surface area contributed by atoms with E-state index in [9.17, 15) is 0 Å². The molecule has 0 spiro atoms. The van der Waals surface area contributed by atoms with Crippen molar-refractivity contribution in [3.8, 4) is 0 Å². The molecule has 3 heteroatoms. The standard InChI is InChI=1S/C9H20OS2/c1-3-5-11-7-9(2)8-12-6-4-10/h9-10H,3-8H2,1-2H3. The smallest absolute Gasteiger partial charge is 0.0521 e.